The van der Waals surface area contributed by atoms with Crippen LogP contribution in [-0.4, -0.2) is 6.54 Å². The monoisotopic (exact) mass is 450 g/mol. The highest BCUT2D eigenvalue weighted by Gasteiger charge is 2.15. The Labute approximate surface area is 206 Å². The van der Waals surface area contributed by atoms with Gasteiger partial charge in [0.15, 0.2) is 0 Å². The lowest BCUT2D eigenvalue weighted by Gasteiger charge is -2.29. The Kier molecular flexibility index (Phi) is 8.65. The van der Waals surface area contributed by atoms with Gasteiger partial charge in [-0.2, -0.15) is 4.57 Å². The molecule has 2 nitrogen and oxygen atoms in total. The fourth-order valence-electron chi connectivity index (χ4n) is 4.54. The van der Waals surface area contributed by atoms with Crippen molar-refractivity contribution in [2.45, 2.75) is 40.7 Å². The van der Waals surface area contributed by atoms with E-state index in [1.165, 1.54) is 39.1 Å². The summed E-state index contributed by atoms with van der Waals surface area (Å²) >= 11 is 0. The molecule has 0 spiro atoms. The van der Waals surface area contributed by atoms with E-state index in [-0.39, 0.29) is 7.43 Å². The van der Waals surface area contributed by atoms with E-state index < -0.39 is 0 Å². The number of anilines is 1. The second-order valence-corrected chi connectivity index (χ2v) is 8.60. The molecule has 0 saturated heterocycles. The molecular weight excluding hydrogens is 412 g/mol. The van der Waals surface area contributed by atoms with E-state index in [0.29, 0.717) is 5.92 Å². The van der Waals surface area contributed by atoms with Crippen molar-refractivity contribution >= 4 is 28.7 Å². The first-order chi connectivity index (χ1) is 16.2. The maximum atomic E-state index is 2.39. The molecule has 1 aliphatic heterocycles. The molecule has 1 unspecified atom stereocenters. The first kappa shape index (κ1) is 25.2. The third-order valence-corrected chi connectivity index (χ3v) is 6.65. The van der Waals surface area contributed by atoms with Gasteiger partial charge in [-0.1, -0.05) is 62.4 Å². The molecule has 0 radical (unpaired) electrons. The minimum absolute atomic E-state index is 0. The summed E-state index contributed by atoms with van der Waals surface area (Å²) in [6.45, 7) is 10.9. The SMILES string of the molecule is CCC(C)C(C=Cc1ccc2ccccc2[n+]1CC)=CC=C1C=Cc2ccccc2N1CC.[CH3-]. The molecule has 176 valence electrons. The Bertz CT molecular complexity index is 1240. The molecule has 0 aliphatic carbocycles. The van der Waals surface area contributed by atoms with E-state index in [2.05, 4.69) is 134 Å². The predicted octanol–water partition coefficient (Wildman–Crippen LogP) is 8.02. The predicted molar refractivity (Wildman–Crippen MR) is 149 cm³/mol. The zero-order valence-corrected chi connectivity index (χ0v) is 21.3. The molecule has 1 atom stereocenters. The zero-order chi connectivity index (χ0) is 23.2. The molecule has 1 aromatic heterocycles. The van der Waals surface area contributed by atoms with Crippen LogP contribution in [0.3, 0.4) is 0 Å². The number of fused-ring (bicyclic) bond motifs is 2. The first-order valence-electron chi connectivity index (χ1n) is 12.2. The van der Waals surface area contributed by atoms with Crippen molar-refractivity contribution in [1.29, 1.82) is 0 Å². The standard InChI is InChI=1S/C31H35N2.CH3/c1-5-24(4)25(16-20-28-22-18-26-12-8-10-14-30(26)32(28)6-2)17-21-29-23-19-27-13-9-11-15-31(27)33(29)7-3;/h8-24H,5-7H2,1-4H3;1H3/q+1;-1. The van der Waals surface area contributed by atoms with E-state index >= 15 is 0 Å². The maximum Gasteiger partial charge on any atom is 0.212 e. The van der Waals surface area contributed by atoms with Gasteiger partial charge in [0.1, 0.15) is 6.54 Å². The Hall–Kier alpha value is -3.39. The summed E-state index contributed by atoms with van der Waals surface area (Å²) in [5.74, 6) is 0.489. The van der Waals surface area contributed by atoms with Gasteiger partial charge in [0.05, 0.1) is 0 Å². The lowest BCUT2D eigenvalue weighted by Crippen LogP contribution is -2.36. The van der Waals surface area contributed by atoms with Crippen LogP contribution in [0.25, 0.3) is 23.1 Å². The number of nitrogens with zero attached hydrogens (tertiary/aromatic N) is 2. The van der Waals surface area contributed by atoms with Crippen LogP contribution in [0.5, 0.6) is 0 Å². The largest absolute Gasteiger partial charge is 0.358 e. The second-order valence-electron chi connectivity index (χ2n) is 8.60. The van der Waals surface area contributed by atoms with Gasteiger partial charge >= 0.3 is 0 Å². The van der Waals surface area contributed by atoms with Crippen LogP contribution < -0.4 is 9.47 Å². The van der Waals surface area contributed by atoms with Crippen LogP contribution in [0.15, 0.2) is 96.2 Å². The molecule has 2 aromatic carbocycles. The number of benzene rings is 2. The second kappa shape index (κ2) is 11.7. The van der Waals surface area contributed by atoms with Crippen LogP contribution in [0.2, 0.25) is 0 Å². The number of para-hydroxylation sites is 2. The number of hydrogen-bond acceptors (Lipinski definition) is 1. The summed E-state index contributed by atoms with van der Waals surface area (Å²) in [5.41, 5.74) is 7.66. The average Bonchev–Trinajstić information content (AvgIpc) is 2.87. The van der Waals surface area contributed by atoms with Crippen LogP contribution in [0.1, 0.15) is 45.4 Å². The molecule has 0 amide bonds. The van der Waals surface area contributed by atoms with Crippen molar-refractivity contribution in [3.05, 3.63) is 115 Å². The minimum atomic E-state index is 0. The third-order valence-electron chi connectivity index (χ3n) is 6.65. The van der Waals surface area contributed by atoms with Crippen molar-refractivity contribution < 1.29 is 4.57 Å². The van der Waals surface area contributed by atoms with Crippen LogP contribution in [-0.2, 0) is 6.54 Å². The van der Waals surface area contributed by atoms with Gasteiger partial charge < -0.3 is 12.3 Å². The van der Waals surface area contributed by atoms with Crippen molar-refractivity contribution in [1.82, 2.24) is 0 Å². The van der Waals surface area contributed by atoms with E-state index in [4.69, 9.17) is 0 Å². The average molecular weight is 451 g/mol. The summed E-state index contributed by atoms with van der Waals surface area (Å²) in [4.78, 5) is 2.39. The molecule has 34 heavy (non-hydrogen) atoms. The van der Waals surface area contributed by atoms with E-state index in [0.717, 1.165) is 19.5 Å². The van der Waals surface area contributed by atoms with Gasteiger partial charge in [-0.05, 0) is 67.7 Å². The highest BCUT2D eigenvalue weighted by molar-refractivity contribution is 5.77. The highest BCUT2D eigenvalue weighted by atomic mass is 15.1. The molecule has 1 aliphatic rings. The summed E-state index contributed by atoms with van der Waals surface area (Å²) in [6, 6.07) is 21.7. The van der Waals surface area contributed by atoms with E-state index in [1.54, 1.807) is 0 Å². The lowest BCUT2D eigenvalue weighted by atomic mass is 9.96. The molecule has 3 aromatic rings. The van der Waals surface area contributed by atoms with E-state index in [9.17, 15) is 0 Å². The molecule has 0 fully saturated rings. The van der Waals surface area contributed by atoms with Crippen molar-refractivity contribution in [2.24, 2.45) is 5.92 Å². The Balaban J connectivity index is 0.00000324. The van der Waals surface area contributed by atoms with Crippen molar-refractivity contribution in [2.75, 3.05) is 11.4 Å². The lowest BCUT2D eigenvalue weighted by molar-refractivity contribution is -0.669. The number of allylic oxidation sites excluding steroid dienone is 5. The molecule has 4 rings (SSSR count). The topological polar surface area (TPSA) is 7.12 Å². The van der Waals surface area contributed by atoms with Gasteiger partial charge in [-0.25, -0.2) is 0 Å². The molecule has 0 bridgehead atoms. The fourth-order valence-corrected chi connectivity index (χ4v) is 4.54. The van der Waals surface area contributed by atoms with Gasteiger partial charge in [0.25, 0.3) is 0 Å². The molecule has 0 N–H and O–H groups in total. The number of hydrogen-bond donors (Lipinski definition) is 0. The number of pyridine rings is 1. The van der Waals surface area contributed by atoms with Crippen LogP contribution in [0.4, 0.5) is 5.69 Å². The highest BCUT2D eigenvalue weighted by Crippen LogP contribution is 2.30. The summed E-state index contributed by atoms with van der Waals surface area (Å²) in [7, 11) is 0. The normalized spacial score (nSPS) is 15.6. The van der Waals surface area contributed by atoms with Gasteiger partial charge in [-0.15, -0.1) is 0 Å². The summed E-state index contributed by atoms with van der Waals surface area (Å²) in [6.07, 6.45) is 14.7. The quantitative estimate of drug-likeness (QED) is 0.201. The number of aromatic nitrogens is 1. The van der Waals surface area contributed by atoms with E-state index in [1.807, 2.05) is 0 Å². The van der Waals surface area contributed by atoms with Gasteiger partial charge in [-0.3, -0.25) is 0 Å². The summed E-state index contributed by atoms with van der Waals surface area (Å²) in [5, 5.41) is 1.28. The Morgan fingerprint density at radius 1 is 0.941 bits per heavy atom. The molecule has 2 heteroatoms. The van der Waals surface area contributed by atoms with Gasteiger partial charge in [0.2, 0.25) is 11.2 Å². The summed E-state index contributed by atoms with van der Waals surface area (Å²) < 4.78 is 2.39. The van der Waals surface area contributed by atoms with Gasteiger partial charge in [0, 0.05) is 41.5 Å². The minimum Gasteiger partial charge on any atom is -0.358 e. The van der Waals surface area contributed by atoms with Crippen molar-refractivity contribution in [3.63, 3.8) is 0 Å². The molecule has 2 heterocycles. The smallest absolute Gasteiger partial charge is 0.212 e. The molecule has 0 saturated carbocycles. The number of aryl methyl sites for hydroxylation is 1. The fraction of sp³-hybridized carbons (Fsp3) is 0.250. The zero-order valence-electron chi connectivity index (χ0n) is 21.3. The van der Waals surface area contributed by atoms with Crippen LogP contribution >= 0.6 is 0 Å². The Morgan fingerprint density at radius 2 is 1.71 bits per heavy atom. The van der Waals surface area contributed by atoms with Crippen LogP contribution in [0, 0.1) is 13.3 Å². The number of rotatable bonds is 7. The van der Waals surface area contributed by atoms with Crippen molar-refractivity contribution in [3.8, 4) is 0 Å². The Morgan fingerprint density at radius 3 is 2.47 bits per heavy atom. The maximum absolute atomic E-state index is 2.39. The first-order valence-corrected chi connectivity index (χ1v) is 12.2. The number of likely N-dealkylation sites (N-methyl/N-ethyl adjacent to an activating group) is 1. The third kappa shape index (κ3) is 5.22. The molecular formula is C32H38N2.